The van der Waals surface area contributed by atoms with Crippen molar-refractivity contribution in [1.29, 1.82) is 0 Å². The van der Waals surface area contributed by atoms with Gasteiger partial charge in [0, 0.05) is 48.3 Å². The van der Waals surface area contributed by atoms with Crippen LogP contribution in [0.3, 0.4) is 0 Å². The highest BCUT2D eigenvalue weighted by Crippen LogP contribution is 2.38. The van der Waals surface area contributed by atoms with Gasteiger partial charge in [-0.2, -0.15) is 19.4 Å². The first-order chi connectivity index (χ1) is 17.4. The molecule has 0 saturated carbocycles. The van der Waals surface area contributed by atoms with Gasteiger partial charge in [0.1, 0.15) is 18.0 Å². The Balaban J connectivity index is 1.54. The number of methoxy groups -OCH3 is 1. The quantitative estimate of drug-likeness (QED) is 0.480. The van der Waals surface area contributed by atoms with Crippen molar-refractivity contribution in [3.63, 3.8) is 0 Å². The Hall–Kier alpha value is -3.22. The van der Waals surface area contributed by atoms with Crippen LogP contribution in [-0.2, 0) is 23.5 Å². The molecule has 1 saturated heterocycles. The summed E-state index contributed by atoms with van der Waals surface area (Å²) in [4.78, 5) is 20.1. The van der Waals surface area contributed by atoms with E-state index in [4.69, 9.17) is 19.7 Å². The van der Waals surface area contributed by atoms with Crippen LogP contribution in [0.15, 0.2) is 16.7 Å². The van der Waals surface area contributed by atoms with E-state index in [1.54, 1.807) is 18.1 Å². The van der Waals surface area contributed by atoms with E-state index in [9.17, 15) is 9.90 Å². The van der Waals surface area contributed by atoms with Gasteiger partial charge < -0.3 is 14.6 Å². The maximum atomic E-state index is 11.5. The maximum absolute atomic E-state index is 11.5. The van der Waals surface area contributed by atoms with E-state index in [1.807, 2.05) is 13.8 Å². The standard InChI is InChI=1S/C24H29N7O4S/c1-14-11-25-19(15(2)22(14)34-3)12-31-27-18-10-16(4-5-30-6-8-35-9-7-30)17-13-36-29-23(26-24(32)33)21(28-31)20(17)18/h10-11H,4-9,12-13H2,1-3H3,(H,26,29)(H,32,33). The first-order valence-electron chi connectivity index (χ1n) is 11.8. The second-order valence-corrected chi connectivity index (χ2v) is 9.61. The molecule has 2 N–H and O–H groups in total. The largest absolute Gasteiger partial charge is 0.496 e. The fourth-order valence-corrected chi connectivity index (χ4v) is 5.56. The Morgan fingerprint density at radius 3 is 2.83 bits per heavy atom. The van der Waals surface area contributed by atoms with Gasteiger partial charge >= 0.3 is 6.09 Å². The summed E-state index contributed by atoms with van der Waals surface area (Å²) in [6.45, 7) is 8.52. The van der Waals surface area contributed by atoms with Gasteiger partial charge in [-0.05, 0) is 49.4 Å². The summed E-state index contributed by atoms with van der Waals surface area (Å²) in [5.41, 5.74) is 7.06. The van der Waals surface area contributed by atoms with E-state index in [0.717, 1.165) is 78.7 Å². The number of aromatic nitrogens is 4. The Morgan fingerprint density at radius 1 is 1.28 bits per heavy atom. The molecule has 0 spiro atoms. The number of rotatable bonds is 6. The fraction of sp³-hybridized carbons (Fsp3) is 0.458. The monoisotopic (exact) mass is 511 g/mol. The average molecular weight is 512 g/mol. The highest BCUT2D eigenvalue weighted by molar-refractivity contribution is 7.97. The summed E-state index contributed by atoms with van der Waals surface area (Å²) in [6.07, 6.45) is 1.45. The van der Waals surface area contributed by atoms with Crippen molar-refractivity contribution in [1.82, 2.24) is 30.2 Å². The number of carbonyl (C=O) groups is 1. The summed E-state index contributed by atoms with van der Waals surface area (Å²) >= 11 is 1.32. The molecule has 12 heteroatoms. The molecule has 5 rings (SSSR count). The van der Waals surface area contributed by atoms with Crippen LogP contribution in [0.4, 0.5) is 4.79 Å². The van der Waals surface area contributed by atoms with Crippen LogP contribution in [-0.4, -0.2) is 81.9 Å². The number of amides is 1. The number of aryl methyl sites for hydroxylation is 1. The predicted molar refractivity (Wildman–Crippen MR) is 136 cm³/mol. The molecule has 0 radical (unpaired) electrons. The first-order valence-corrected chi connectivity index (χ1v) is 12.8. The molecule has 1 aliphatic carbocycles. The highest BCUT2D eigenvalue weighted by Gasteiger charge is 2.29. The zero-order valence-corrected chi connectivity index (χ0v) is 21.4. The lowest BCUT2D eigenvalue weighted by molar-refractivity contribution is 0.0384. The predicted octanol–water partition coefficient (Wildman–Crippen LogP) is 2.50. The Bertz CT molecular complexity index is 1290. The van der Waals surface area contributed by atoms with Crippen molar-refractivity contribution in [2.75, 3.05) is 40.0 Å². The molecular formula is C24H29N7O4S. The zero-order chi connectivity index (χ0) is 25.2. The lowest BCUT2D eigenvalue weighted by Crippen LogP contribution is -2.37. The second-order valence-electron chi connectivity index (χ2n) is 8.88. The number of nitrogens with one attached hydrogen (secondary N) is 1. The molecule has 0 atom stereocenters. The lowest BCUT2D eigenvalue weighted by atomic mass is 10.1. The van der Waals surface area contributed by atoms with Gasteiger partial charge in [0.05, 0.1) is 31.7 Å². The zero-order valence-electron chi connectivity index (χ0n) is 20.6. The van der Waals surface area contributed by atoms with Gasteiger partial charge in [0.2, 0.25) is 0 Å². The number of pyridine rings is 1. The molecule has 0 unspecified atom stereocenters. The van der Waals surface area contributed by atoms with Crippen LogP contribution in [0, 0.1) is 13.8 Å². The summed E-state index contributed by atoms with van der Waals surface area (Å²) in [5, 5.41) is 21.4. The molecule has 1 fully saturated rings. The fourth-order valence-electron chi connectivity index (χ4n) is 4.77. The number of ether oxygens (including phenoxy) is 2. The molecule has 1 aromatic rings. The van der Waals surface area contributed by atoms with Gasteiger partial charge in [0.15, 0.2) is 5.84 Å². The van der Waals surface area contributed by atoms with E-state index in [2.05, 4.69) is 25.7 Å². The number of carboxylic acid groups (broad SMARTS) is 1. The number of morpholine rings is 1. The van der Waals surface area contributed by atoms with Gasteiger partial charge in [-0.3, -0.25) is 15.2 Å². The summed E-state index contributed by atoms with van der Waals surface area (Å²) in [6, 6.07) is 2.10. The molecule has 4 aliphatic rings. The minimum Gasteiger partial charge on any atom is -0.496 e. The van der Waals surface area contributed by atoms with Crippen LogP contribution in [0.1, 0.15) is 33.6 Å². The van der Waals surface area contributed by atoms with Crippen LogP contribution < -0.4 is 10.1 Å². The topological polar surface area (TPSA) is 127 Å². The van der Waals surface area contributed by atoms with Gasteiger partial charge in [-0.1, -0.05) is 0 Å². The third-order valence-electron chi connectivity index (χ3n) is 6.59. The third kappa shape index (κ3) is 4.88. The van der Waals surface area contributed by atoms with Crippen LogP contribution >= 0.6 is 11.9 Å². The van der Waals surface area contributed by atoms with Gasteiger partial charge in [-0.25, -0.2) is 4.79 Å². The Morgan fingerprint density at radius 2 is 2.08 bits per heavy atom. The summed E-state index contributed by atoms with van der Waals surface area (Å²) in [7, 11) is 1.64. The SMILES string of the molecule is COc1c(C)cnc(Cn2nc3cc(CCN4CCOCC4)c4c-3c(n2)C(NC(=O)O)=NSC4)c1C. The van der Waals surface area contributed by atoms with E-state index in [0.29, 0.717) is 18.0 Å². The van der Waals surface area contributed by atoms with Crippen LogP contribution in [0.25, 0.3) is 11.3 Å². The number of amidine groups is 1. The highest BCUT2D eigenvalue weighted by atomic mass is 32.2. The Kier molecular flexibility index (Phi) is 7.08. The van der Waals surface area contributed by atoms with Crippen molar-refractivity contribution in [2.24, 2.45) is 4.40 Å². The van der Waals surface area contributed by atoms with Crippen molar-refractivity contribution in [2.45, 2.75) is 32.6 Å². The molecular weight excluding hydrogens is 482 g/mol. The first kappa shape index (κ1) is 24.5. The van der Waals surface area contributed by atoms with Crippen molar-refractivity contribution >= 4 is 23.9 Å². The van der Waals surface area contributed by atoms with E-state index >= 15 is 0 Å². The van der Waals surface area contributed by atoms with E-state index in [1.165, 1.54) is 17.5 Å². The molecule has 4 heterocycles. The number of hydrogen-bond donors (Lipinski definition) is 2. The van der Waals surface area contributed by atoms with Crippen LogP contribution in [0.2, 0.25) is 0 Å². The average Bonchev–Trinajstić information content (AvgIpc) is 3.11. The maximum Gasteiger partial charge on any atom is 0.410 e. The molecule has 0 aromatic carbocycles. The minimum atomic E-state index is -1.18. The van der Waals surface area contributed by atoms with E-state index in [-0.39, 0.29) is 5.84 Å². The molecule has 11 nitrogen and oxygen atoms in total. The second kappa shape index (κ2) is 10.4. The molecule has 36 heavy (non-hydrogen) atoms. The van der Waals surface area contributed by atoms with Crippen molar-refractivity contribution < 1.29 is 19.4 Å². The Labute approximate surface area is 213 Å². The van der Waals surface area contributed by atoms with Crippen LogP contribution in [0.5, 0.6) is 5.75 Å². The minimum absolute atomic E-state index is 0.212. The van der Waals surface area contributed by atoms with Gasteiger partial charge in [0.25, 0.3) is 0 Å². The third-order valence-corrected chi connectivity index (χ3v) is 7.32. The summed E-state index contributed by atoms with van der Waals surface area (Å²) in [5.74, 6) is 1.62. The van der Waals surface area contributed by atoms with Crippen molar-refractivity contribution in [3.05, 3.63) is 45.9 Å². The number of hydrogen-bond acceptors (Lipinski definition) is 9. The van der Waals surface area contributed by atoms with E-state index < -0.39 is 6.09 Å². The van der Waals surface area contributed by atoms with Gasteiger partial charge in [-0.15, -0.1) is 0 Å². The lowest BCUT2D eigenvalue weighted by Gasteiger charge is -2.26. The smallest absolute Gasteiger partial charge is 0.410 e. The normalized spacial score (nSPS) is 16.0. The number of nitrogens with zero attached hydrogens (tertiary/aromatic N) is 6. The summed E-state index contributed by atoms with van der Waals surface area (Å²) < 4.78 is 15.5. The van der Waals surface area contributed by atoms with Crippen molar-refractivity contribution in [3.8, 4) is 17.0 Å². The molecule has 3 aliphatic heterocycles. The molecule has 1 amide bonds. The molecule has 0 bridgehead atoms. The molecule has 1 aromatic heterocycles. The molecule has 190 valence electrons.